The van der Waals surface area contributed by atoms with Crippen molar-refractivity contribution in [3.05, 3.63) is 29.7 Å². The summed E-state index contributed by atoms with van der Waals surface area (Å²) < 4.78 is 5.30. The minimum absolute atomic E-state index is 0.00722. The summed E-state index contributed by atoms with van der Waals surface area (Å²) in [6, 6.07) is 3.78. The number of carbonyl (C=O) groups excluding carboxylic acids is 2. The number of aliphatic hydroxyl groups excluding tert-OH is 1. The molecule has 0 saturated carbocycles. The molecule has 1 atom stereocenters. The molecule has 19 heavy (non-hydrogen) atoms. The van der Waals surface area contributed by atoms with Crippen molar-refractivity contribution >= 4 is 22.9 Å². The molecule has 2 heterocycles. The molecule has 4 N–H and O–H groups in total. The fourth-order valence-electron chi connectivity index (χ4n) is 1.57. The number of amides is 2. The van der Waals surface area contributed by atoms with Gasteiger partial charge in [0.2, 0.25) is 5.91 Å². The van der Waals surface area contributed by atoms with Crippen molar-refractivity contribution < 1.29 is 19.1 Å². The Kier molecular flexibility index (Phi) is 3.48. The zero-order valence-electron chi connectivity index (χ0n) is 10.2. The molecule has 7 nitrogen and oxygen atoms in total. The second-order valence-electron chi connectivity index (χ2n) is 4.06. The van der Waals surface area contributed by atoms with Crippen LogP contribution in [0.5, 0.6) is 0 Å². The molecule has 0 fully saturated rings. The monoisotopic (exact) mass is 263 g/mol. The van der Waals surface area contributed by atoms with E-state index in [1.165, 1.54) is 6.07 Å². The normalized spacial score (nSPS) is 12.3. The highest BCUT2D eigenvalue weighted by atomic mass is 16.3. The van der Waals surface area contributed by atoms with Gasteiger partial charge in [0.1, 0.15) is 11.6 Å². The van der Waals surface area contributed by atoms with E-state index in [4.69, 9.17) is 15.3 Å². The van der Waals surface area contributed by atoms with Gasteiger partial charge in [-0.25, -0.2) is 4.98 Å². The van der Waals surface area contributed by atoms with E-state index in [0.29, 0.717) is 11.1 Å². The van der Waals surface area contributed by atoms with Crippen LogP contribution in [-0.2, 0) is 4.79 Å². The molecule has 2 rings (SSSR count). The molecule has 0 saturated heterocycles. The van der Waals surface area contributed by atoms with E-state index in [2.05, 4.69) is 10.3 Å². The second-order valence-corrected chi connectivity index (χ2v) is 4.06. The van der Waals surface area contributed by atoms with Gasteiger partial charge in [0.25, 0.3) is 5.91 Å². The molecule has 0 aliphatic carbocycles. The number of aryl methyl sites for hydroxylation is 1. The Bertz CT molecular complexity index is 635. The molecule has 0 unspecified atom stereocenters. The predicted octanol–water partition coefficient (Wildman–Crippen LogP) is -0.288. The number of primary amides is 1. The lowest BCUT2D eigenvalue weighted by molar-refractivity contribution is -0.120. The number of nitrogens with one attached hydrogen (secondary N) is 1. The van der Waals surface area contributed by atoms with E-state index in [9.17, 15) is 9.59 Å². The highest BCUT2D eigenvalue weighted by Gasteiger charge is 2.20. The number of nitrogens with zero attached hydrogens (tertiary/aromatic N) is 1. The molecule has 2 aromatic rings. The van der Waals surface area contributed by atoms with E-state index in [1.54, 1.807) is 12.1 Å². The highest BCUT2D eigenvalue weighted by Crippen LogP contribution is 2.17. The van der Waals surface area contributed by atoms with Crippen molar-refractivity contribution in [3.63, 3.8) is 0 Å². The fourth-order valence-corrected chi connectivity index (χ4v) is 1.57. The molecule has 7 heteroatoms. The predicted molar refractivity (Wildman–Crippen MR) is 66.3 cm³/mol. The molecular formula is C12H13N3O4. The Balaban J connectivity index is 2.24. The second kappa shape index (κ2) is 5.07. The molecule has 0 aliphatic heterocycles. The number of carbonyl (C=O) groups is 2. The maximum absolute atomic E-state index is 11.8. The average molecular weight is 263 g/mol. The molecule has 0 aromatic carbocycles. The lowest BCUT2D eigenvalue weighted by Gasteiger charge is -2.10. The van der Waals surface area contributed by atoms with Gasteiger partial charge in [-0.05, 0) is 19.1 Å². The molecule has 0 spiro atoms. The van der Waals surface area contributed by atoms with Gasteiger partial charge in [0, 0.05) is 11.8 Å². The quantitative estimate of drug-likeness (QED) is 0.700. The number of aliphatic hydroxyl groups is 1. The van der Waals surface area contributed by atoms with Crippen LogP contribution in [0, 0.1) is 6.92 Å². The largest absolute Gasteiger partial charge is 0.449 e. The van der Waals surface area contributed by atoms with Crippen molar-refractivity contribution in [1.82, 2.24) is 10.3 Å². The molecule has 0 radical (unpaired) electrons. The van der Waals surface area contributed by atoms with E-state index in [-0.39, 0.29) is 5.76 Å². The van der Waals surface area contributed by atoms with Gasteiger partial charge < -0.3 is 20.6 Å². The maximum Gasteiger partial charge on any atom is 0.287 e. The number of hydrogen-bond acceptors (Lipinski definition) is 5. The summed E-state index contributed by atoms with van der Waals surface area (Å²) in [5.74, 6) is -1.44. The Morgan fingerprint density at radius 3 is 2.89 bits per heavy atom. The topological polar surface area (TPSA) is 118 Å². The summed E-state index contributed by atoms with van der Waals surface area (Å²) in [5.41, 5.74) is 6.82. The standard InChI is InChI=1S/C12H13N3O4/c1-6-2-3-9-7(14-6)4-10(19-9)12(18)15-8(5-16)11(13)17/h2-4,8,16H,5H2,1H3,(H2,13,17)(H,15,18)/t8-/m0/s1. The van der Waals surface area contributed by atoms with Crippen LogP contribution in [0.3, 0.4) is 0 Å². The van der Waals surface area contributed by atoms with Crippen LogP contribution in [0.25, 0.3) is 11.1 Å². The summed E-state index contributed by atoms with van der Waals surface area (Å²) in [6.45, 7) is 1.25. The third-order valence-electron chi connectivity index (χ3n) is 2.57. The summed E-state index contributed by atoms with van der Waals surface area (Å²) in [7, 11) is 0. The van der Waals surface area contributed by atoms with Gasteiger partial charge >= 0.3 is 0 Å². The summed E-state index contributed by atoms with van der Waals surface area (Å²) in [4.78, 5) is 26.9. The van der Waals surface area contributed by atoms with Crippen molar-refractivity contribution in [2.24, 2.45) is 5.73 Å². The SMILES string of the molecule is Cc1ccc2oc(C(=O)N[C@@H](CO)C(N)=O)cc2n1. The first-order valence-electron chi connectivity index (χ1n) is 5.59. The lowest BCUT2D eigenvalue weighted by Crippen LogP contribution is -2.46. The van der Waals surface area contributed by atoms with Crippen LogP contribution < -0.4 is 11.1 Å². The van der Waals surface area contributed by atoms with Crippen LogP contribution >= 0.6 is 0 Å². The van der Waals surface area contributed by atoms with E-state index in [1.807, 2.05) is 6.92 Å². The van der Waals surface area contributed by atoms with Crippen molar-refractivity contribution in [3.8, 4) is 0 Å². The van der Waals surface area contributed by atoms with Crippen molar-refractivity contribution in [2.45, 2.75) is 13.0 Å². The van der Waals surface area contributed by atoms with Gasteiger partial charge in [-0.1, -0.05) is 0 Å². The number of pyridine rings is 1. The van der Waals surface area contributed by atoms with Gasteiger partial charge in [-0.3, -0.25) is 9.59 Å². The zero-order valence-corrected chi connectivity index (χ0v) is 10.2. The third kappa shape index (κ3) is 2.71. The Morgan fingerprint density at radius 1 is 1.53 bits per heavy atom. The van der Waals surface area contributed by atoms with Crippen LogP contribution in [0.2, 0.25) is 0 Å². The molecule has 100 valence electrons. The minimum atomic E-state index is -1.14. The van der Waals surface area contributed by atoms with Crippen LogP contribution in [-0.4, -0.2) is 34.6 Å². The summed E-state index contributed by atoms with van der Waals surface area (Å²) >= 11 is 0. The van der Waals surface area contributed by atoms with Crippen molar-refractivity contribution in [1.29, 1.82) is 0 Å². The number of hydrogen-bond donors (Lipinski definition) is 3. The first-order valence-corrected chi connectivity index (χ1v) is 5.59. The Morgan fingerprint density at radius 2 is 2.26 bits per heavy atom. The summed E-state index contributed by atoms with van der Waals surface area (Å²) in [6.07, 6.45) is 0. The first-order chi connectivity index (χ1) is 9.01. The third-order valence-corrected chi connectivity index (χ3v) is 2.57. The zero-order chi connectivity index (χ0) is 14.0. The van der Waals surface area contributed by atoms with Gasteiger partial charge in [-0.2, -0.15) is 0 Å². The number of nitrogens with two attached hydrogens (primary N) is 1. The fraction of sp³-hybridized carbons (Fsp3) is 0.250. The van der Waals surface area contributed by atoms with Crippen LogP contribution in [0.1, 0.15) is 16.2 Å². The molecule has 0 bridgehead atoms. The maximum atomic E-state index is 11.8. The van der Waals surface area contributed by atoms with Crippen molar-refractivity contribution in [2.75, 3.05) is 6.61 Å². The Hall–Kier alpha value is -2.41. The van der Waals surface area contributed by atoms with E-state index < -0.39 is 24.5 Å². The Labute approximate surface area is 108 Å². The molecular weight excluding hydrogens is 250 g/mol. The van der Waals surface area contributed by atoms with E-state index in [0.717, 1.165) is 5.69 Å². The van der Waals surface area contributed by atoms with Gasteiger partial charge in [-0.15, -0.1) is 0 Å². The number of furan rings is 1. The molecule has 0 aliphatic rings. The van der Waals surface area contributed by atoms with Gasteiger partial charge in [0.15, 0.2) is 11.3 Å². The van der Waals surface area contributed by atoms with Crippen LogP contribution in [0.15, 0.2) is 22.6 Å². The minimum Gasteiger partial charge on any atom is -0.449 e. The van der Waals surface area contributed by atoms with E-state index >= 15 is 0 Å². The highest BCUT2D eigenvalue weighted by molar-refractivity contribution is 5.97. The average Bonchev–Trinajstić information content (AvgIpc) is 2.78. The summed E-state index contributed by atoms with van der Waals surface area (Å²) in [5, 5.41) is 11.2. The number of aromatic nitrogens is 1. The molecule has 2 amide bonds. The van der Waals surface area contributed by atoms with Crippen LogP contribution in [0.4, 0.5) is 0 Å². The first kappa shape index (κ1) is 13.0. The lowest BCUT2D eigenvalue weighted by atomic mass is 10.3. The number of fused-ring (bicyclic) bond motifs is 1. The smallest absolute Gasteiger partial charge is 0.287 e. The molecule has 2 aromatic heterocycles. The van der Waals surface area contributed by atoms with Gasteiger partial charge in [0.05, 0.1) is 6.61 Å². The number of rotatable bonds is 4.